The van der Waals surface area contributed by atoms with Crippen LogP contribution in [-0.4, -0.2) is 327 Å². The lowest BCUT2D eigenvalue weighted by atomic mass is 10.00. The number of nitrogens with one attached hydrogen (secondary N) is 15. The number of aromatic nitrogens is 4. The Balaban J connectivity index is 1.10. The van der Waals surface area contributed by atoms with Crippen molar-refractivity contribution in [3.8, 4) is 5.75 Å². The minimum atomic E-state index is -1.91. The van der Waals surface area contributed by atoms with Crippen molar-refractivity contribution in [2.24, 2.45) is 17.4 Å². The van der Waals surface area contributed by atoms with Crippen LogP contribution < -0.4 is 70.0 Å². The van der Waals surface area contributed by atoms with Crippen LogP contribution in [0.15, 0.2) is 97.7 Å². The van der Waals surface area contributed by atoms with Gasteiger partial charge in [0.15, 0.2) is 5.96 Å². The Morgan fingerprint density at radius 2 is 1.10 bits per heavy atom. The van der Waals surface area contributed by atoms with E-state index in [1.165, 1.54) is 64.9 Å². The largest absolute Gasteiger partial charge is 0.508 e. The Morgan fingerprint density at radius 1 is 0.566 bits per heavy atom. The number of hydrogen-bond acceptors (Lipinski definition) is 23. The zero-order valence-corrected chi connectivity index (χ0v) is 78.2. The van der Waals surface area contributed by atoms with Crippen LogP contribution >= 0.6 is 11.8 Å². The number of imidazole rings is 1. The van der Waals surface area contributed by atoms with Gasteiger partial charge in [0.1, 0.15) is 90.3 Å². The molecule has 0 spiro atoms. The first-order chi connectivity index (χ1) is 64.8. The molecule has 136 heavy (non-hydrogen) atoms. The Bertz CT molecular complexity index is 5250. The number of carboxylic acid groups (broad SMARTS) is 1. The fourth-order valence-electron chi connectivity index (χ4n) is 16.8. The topological polar surface area (TPSA) is 656 Å². The number of carbonyl (C=O) groups excluding carboxylic acids is 16. The molecule has 0 saturated carbocycles. The third kappa shape index (κ3) is 29.4. The molecule has 0 unspecified atom stereocenters. The van der Waals surface area contributed by atoms with Crippen molar-refractivity contribution < 1.29 is 102 Å². The fraction of sp³-hybridized carbons (Fsp3) is 0.527. The number of aliphatic carboxylic acids is 1. The molecule has 3 saturated heterocycles. The monoisotopic (exact) mass is 1910 g/mol. The maximum Gasteiger partial charge on any atom is 0.305 e. The second-order valence-electron chi connectivity index (χ2n) is 34.9. The number of hydrogen-bond donors (Lipinski definition) is 21. The van der Waals surface area contributed by atoms with Crippen molar-refractivity contribution in [2.75, 3.05) is 65.4 Å². The quantitative estimate of drug-likeness (QED) is 0.0154. The molecule has 23 N–H and O–H groups in total. The zero-order chi connectivity index (χ0) is 99.3. The molecule has 0 bridgehead atoms. The number of benzene rings is 3. The Labute approximate surface area is 789 Å². The third-order valence-corrected chi connectivity index (χ3v) is 25.3. The summed E-state index contributed by atoms with van der Waals surface area (Å²) in [6.07, 6.45) is 3.22. The number of phenols is 1. The first kappa shape index (κ1) is 106. The van der Waals surface area contributed by atoms with Crippen LogP contribution in [0.5, 0.6) is 5.75 Å². The molecule has 9 rings (SSSR count). The van der Waals surface area contributed by atoms with Crippen LogP contribution in [-0.2, 0) is 107 Å². The van der Waals surface area contributed by atoms with Crippen LogP contribution in [0, 0.1) is 11.3 Å². The van der Waals surface area contributed by atoms with E-state index in [1.54, 1.807) is 74.8 Å². The van der Waals surface area contributed by atoms with E-state index in [2.05, 4.69) is 78.4 Å². The molecule has 16 amide bonds. The van der Waals surface area contributed by atoms with Gasteiger partial charge in [-0.3, -0.25) is 86.9 Å². The number of fused-ring (bicyclic) bond motifs is 4. The maximum atomic E-state index is 15.8. The SMILES string of the molecule is CCCC[C@H]1C(=O)N(C)[C@@H](CCCC)C(=O)N[C@@H](CCCNC(=N)N)C(=O)N[C@H](C(=O)NCC(N)=O)CSCC(=O)N[C@@H](Cc2ccc(O)cc2)C(=O)N(C)[C@@H](C)C(=O)N[C@@H](CC(=O)O)C(=O)N2CCC[C@H]2C(=O)N[C@@H](Cc2cnc[nH]2)C(=O)N[C@@H](CC(C)C)C(=O)N2C[C@H](O)C[C@H]2C(=O)N[C@@H](Cc2c[nH]c3ccccc23)C(=O)N[C@@H](CO)C(=O)N[C@@H](Cc2c[nH]c3ccccc23)C(=O)N1C. The summed E-state index contributed by atoms with van der Waals surface area (Å²) >= 11 is 0.750. The summed E-state index contributed by atoms with van der Waals surface area (Å²) in [5, 5.41) is 81.2. The normalized spacial score (nSPS) is 24.7. The van der Waals surface area contributed by atoms with Crippen LogP contribution in [0.25, 0.3) is 21.8 Å². The molecule has 45 heteroatoms. The molecular formula is C91H127N23O21S. The van der Waals surface area contributed by atoms with Gasteiger partial charge >= 0.3 is 5.97 Å². The van der Waals surface area contributed by atoms with Crippen LogP contribution in [0.3, 0.4) is 0 Å². The average Bonchev–Trinajstić information content (AvgIpc) is 1.53. The highest BCUT2D eigenvalue weighted by molar-refractivity contribution is 8.00. The van der Waals surface area contributed by atoms with Gasteiger partial charge in [-0.15, -0.1) is 11.8 Å². The minimum absolute atomic E-state index is 0.0161. The number of carbonyl (C=O) groups is 17. The average molecular weight is 1910 g/mol. The summed E-state index contributed by atoms with van der Waals surface area (Å²) in [6.45, 7) is 5.89. The number of thioether (sulfide) groups is 1. The Kier molecular flexibility index (Phi) is 39.4. The molecule has 6 aromatic rings. The number of para-hydroxylation sites is 2. The summed E-state index contributed by atoms with van der Waals surface area (Å²) in [5.74, 6) is -18.9. The molecule has 0 radical (unpaired) electrons. The van der Waals surface area contributed by atoms with E-state index in [0.717, 1.165) is 36.3 Å². The molecule has 738 valence electrons. The highest BCUT2D eigenvalue weighted by Gasteiger charge is 2.47. The molecule has 15 atom stereocenters. The van der Waals surface area contributed by atoms with Crippen molar-refractivity contribution in [1.82, 2.24) is 103 Å². The smallest absolute Gasteiger partial charge is 0.305 e. The summed E-state index contributed by atoms with van der Waals surface area (Å²) < 4.78 is 0. The second kappa shape index (κ2) is 50.6. The van der Waals surface area contributed by atoms with Gasteiger partial charge in [0.2, 0.25) is 94.5 Å². The van der Waals surface area contributed by atoms with E-state index < -0.39 is 241 Å². The molecule has 3 fully saturated rings. The highest BCUT2D eigenvalue weighted by atomic mass is 32.2. The molecule has 3 aliphatic heterocycles. The third-order valence-electron chi connectivity index (χ3n) is 24.3. The van der Waals surface area contributed by atoms with Crippen molar-refractivity contribution in [3.63, 3.8) is 0 Å². The summed E-state index contributed by atoms with van der Waals surface area (Å²) in [5.41, 5.74) is 14.0. The number of unbranched alkanes of at least 4 members (excludes halogenated alkanes) is 2. The van der Waals surface area contributed by atoms with Gasteiger partial charge in [0, 0.05) is 125 Å². The van der Waals surface area contributed by atoms with Crippen molar-refractivity contribution >= 4 is 140 Å². The predicted molar refractivity (Wildman–Crippen MR) is 498 cm³/mol. The van der Waals surface area contributed by atoms with Gasteiger partial charge in [-0.1, -0.05) is 102 Å². The zero-order valence-electron chi connectivity index (χ0n) is 77.4. The molecule has 3 aromatic heterocycles. The van der Waals surface area contributed by atoms with Gasteiger partial charge in [-0.05, 0) is 98.7 Å². The van der Waals surface area contributed by atoms with E-state index in [9.17, 15) is 63.6 Å². The molecule has 44 nitrogen and oxygen atoms in total. The Morgan fingerprint density at radius 3 is 1.70 bits per heavy atom. The predicted octanol–water partition coefficient (Wildman–Crippen LogP) is -2.33. The number of aliphatic hydroxyl groups excluding tert-OH is 2. The molecular weight excluding hydrogens is 1780 g/mol. The number of nitrogens with zero attached hydrogens (tertiary/aromatic N) is 6. The van der Waals surface area contributed by atoms with Crippen molar-refractivity contribution in [2.45, 2.75) is 234 Å². The lowest BCUT2D eigenvalue weighted by Gasteiger charge is -2.36. The molecule has 0 aliphatic carbocycles. The minimum Gasteiger partial charge on any atom is -0.508 e. The number of guanidine groups is 1. The number of carboxylic acids is 1. The first-order valence-corrected chi connectivity index (χ1v) is 46.7. The number of H-pyrrole nitrogens is 3. The van der Waals surface area contributed by atoms with E-state index >= 15 is 38.4 Å². The standard InChI is InChI=1S/C91H127N23O21S/c1-9-11-24-70-83(128)102-61(23-17-31-96-91(93)94)79(124)109-69(78(123)99-43-74(92)118)46-136-47-75(119)101-65(34-51-27-29-55(116)30-28-51)86(131)110(6)50(5)77(122)105-67(39-76(120)121)88(133)113-32-18-26-71(113)84(129)104-63(37-54-42-95-48-100-54)81(126)106-64(33-49(3)4)89(134)114-44-56(117)38-73(114)85(130)103-62(35-52-40-97-59-21-15-13-19-57(52)59)80(125)108-68(45-115)82(127)107-66(36-53-41-98-60-22-16-14-20-58(53)60)87(132)112(8)72(25-12-10-2)90(135)111(70)7/h13-16,19-22,27-30,40-42,48-50,56,61-73,97-98,115-117H,9-12,17-18,23-26,31-39,43-47H2,1-8H3,(H2,92,118)(H,95,100)(H,99,123)(H,101,119)(H,102,128)(H,103,130)(H,104,129)(H,105,122)(H,106,126)(H,107,127)(H,108,125)(H,109,124)(H,120,121)(H4,93,94,96)/t50-,56+,61-,62-,63-,64-,65-,66-,67-,68-,69-,70-,71-,72-,73-/m0/s1. The lowest BCUT2D eigenvalue weighted by molar-refractivity contribution is -0.149. The fourth-order valence-corrected chi connectivity index (χ4v) is 17.6. The van der Waals surface area contributed by atoms with E-state index in [4.69, 9.17) is 16.9 Å². The van der Waals surface area contributed by atoms with E-state index in [-0.39, 0.29) is 95.4 Å². The van der Waals surface area contributed by atoms with Gasteiger partial charge in [-0.25, -0.2) is 4.98 Å². The maximum absolute atomic E-state index is 15.8. The summed E-state index contributed by atoms with van der Waals surface area (Å²) in [4.78, 5) is 269. The number of aromatic amines is 3. The van der Waals surface area contributed by atoms with Crippen LogP contribution in [0.2, 0.25) is 0 Å². The van der Waals surface area contributed by atoms with E-state index in [1.807, 2.05) is 13.8 Å². The number of primary amides is 1. The highest BCUT2D eigenvalue weighted by Crippen LogP contribution is 2.28. The van der Waals surface area contributed by atoms with E-state index in [0.29, 0.717) is 69.9 Å². The number of likely N-dealkylation sites (N-methyl/N-ethyl adjacent to an activating group) is 3. The number of amides is 16. The number of nitrogens with two attached hydrogens (primary N) is 2. The lowest BCUT2D eigenvalue weighted by Crippen LogP contribution is -2.62. The molecule has 3 aliphatic rings. The van der Waals surface area contributed by atoms with Gasteiger partial charge in [-0.2, -0.15) is 0 Å². The molecule has 6 heterocycles. The number of rotatable bonds is 26. The second-order valence-corrected chi connectivity index (χ2v) is 35.9. The number of phenolic OH excluding ortho intramolecular Hbond substituents is 1. The number of aliphatic hydroxyl groups is 2. The van der Waals surface area contributed by atoms with Gasteiger partial charge < -0.3 is 130 Å². The molecule has 3 aromatic carbocycles. The van der Waals surface area contributed by atoms with Crippen LogP contribution in [0.1, 0.15) is 140 Å². The van der Waals surface area contributed by atoms with Gasteiger partial charge in [0.25, 0.3) is 0 Å². The van der Waals surface area contributed by atoms with Crippen molar-refractivity contribution in [1.29, 1.82) is 5.41 Å². The van der Waals surface area contributed by atoms with Gasteiger partial charge in [0.05, 0.1) is 37.8 Å². The summed E-state index contributed by atoms with van der Waals surface area (Å²) in [6, 6.07) is -2.65. The van der Waals surface area contributed by atoms with Crippen LogP contribution in [0.4, 0.5) is 0 Å². The summed E-state index contributed by atoms with van der Waals surface area (Å²) in [7, 11) is 3.87. The van der Waals surface area contributed by atoms with Crippen molar-refractivity contribution in [3.05, 3.63) is 120 Å². The number of aromatic hydroxyl groups is 1. The first-order valence-electron chi connectivity index (χ1n) is 45.5. The Hall–Kier alpha value is -13.7.